The number of carboxylic acid groups (broad SMARTS) is 1. The molecule has 4 heteroatoms. The van der Waals surface area contributed by atoms with E-state index >= 15 is 0 Å². The monoisotopic (exact) mass is 185 g/mol. The molecule has 1 aliphatic carbocycles. The van der Waals surface area contributed by atoms with Gasteiger partial charge in [-0.1, -0.05) is 6.08 Å². The molecule has 1 aliphatic rings. The molecular weight excluding hydrogens is 170 g/mol. The lowest BCUT2D eigenvalue weighted by atomic mass is 10.0. The van der Waals surface area contributed by atoms with E-state index in [2.05, 4.69) is 0 Å². The van der Waals surface area contributed by atoms with Crippen LogP contribution in [-0.2, 0) is 4.79 Å². The fourth-order valence-corrected chi connectivity index (χ4v) is 1.47. The molecule has 2 N–H and O–H groups in total. The first-order chi connectivity index (χ1) is 6.04. The number of hydrogen-bond acceptors (Lipinski definition) is 3. The summed E-state index contributed by atoms with van der Waals surface area (Å²) in [5.41, 5.74) is 1.01. The lowest BCUT2D eigenvalue weighted by Gasteiger charge is -2.33. The molecule has 1 rings (SSSR count). The van der Waals surface area contributed by atoms with Gasteiger partial charge in [-0.05, 0) is 19.8 Å². The Hall–Kier alpha value is -1.03. The molecule has 0 spiro atoms. The lowest BCUT2D eigenvalue weighted by Crippen LogP contribution is -2.46. The number of carbonyl (C=O) groups is 1. The van der Waals surface area contributed by atoms with Gasteiger partial charge in [-0.3, -0.25) is 0 Å². The zero-order valence-corrected chi connectivity index (χ0v) is 7.90. The van der Waals surface area contributed by atoms with Gasteiger partial charge in [-0.25, -0.2) is 4.79 Å². The molecule has 2 atom stereocenters. The third-order valence-corrected chi connectivity index (χ3v) is 2.36. The average molecular weight is 185 g/mol. The van der Waals surface area contributed by atoms with E-state index in [0.717, 1.165) is 18.5 Å². The van der Waals surface area contributed by atoms with E-state index in [1.54, 1.807) is 11.9 Å². The predicted molar refractivity (Wildman–Crippen MR) is 48.2 cm³/mol. The molecule has 2 unspecified atom stereocenters. The van der Waals surface area contributed by atoms with E-state index in [-0.39, 0.29) is 0 Å². The number of allylic oxidation sites excluding steroid dienone is 2. The van der Waals surface area contributed by atoms with Crippen LogP contribution in [0.5, 0.6) is 0 Å². The summed E-state index contributed by atoms with van der Waals surface area (Å²) in [7, 11) is 1.70. The summed E-state index contributed by atoms with van der Waals surface area (Å²) >= 11 is 0. The summed E-state index contributed by atoms with van der Waals surface area (Å²) in [4.78, 5) is 12.4. The molecule has 0 amide bonds. The molecule has 0 saturated heterocycles. The van der Waals surface area contributed by atoms with Gasteiger partial charge in [-0.2, -0.15) is 0 Å². The molecule has 0 fully saturated rings. The first-order valence-corrected chi connectivity index (χ1v) is 4.36. The summed E-state index contributed by atoms with van der Waals surface area (Å²) in [5, 5.41) is 18.1. The van der Waals surface area contributed by atoms with Gasteiger partial charge >= 0.3 is 5.97 Å². The van der Waals surface area contributed by atoms with Gasteiger partial charge in [0.15, 0.2) is 6.04 Å². The molecular formula is C9H15NO3. The van der Waals surface area contributed by atoms with Crippen LogP contribution in [0.3, 0.4) is 0 Å². The van der Waals surface area contributed by atoms with Gasteiger partial charge in [0.1, 0.15) is 0 Å². The Kier molecular flexibility index (Phi) is 2.93. The van der Waals surface area contributed by atoms with Crippen molar-refractivity contribution in [2.24, 2.45) is 0 Å². The number of aliphatic carboxylic acids is 1. The maximum absolute atomic E-state index is 10.8. The smallest absolute Gasteiger partial charge is 0.329 e. The molecule has 0 heterocycles. The SMILES string of the molecule is CC(O)C(C(=O)O)N(C)C1=CCC1. The topological polar surface area (TPSA) is 60.8 Å². The van der Waals surface area contributed by atoms with Crippen molar-refractivity contribution < 1.29 is 15.0 Å². The van der Waals surface area contributed by atoms with Gasteiger partial charge in [0.2, 0.25) is 0 Å². The molecule has 0 radical (unpaired) electrons. The summed E-state index contributed by atoms with van der Waals surface area (Å²) in [6.45, 7) is 1.49. The summed E-state index contributed by atoms with van der Waals surface area (Å²) < 4.78 is 0. The van der Waals surface area contributed by atoms with Crippen LogP contribution < -0.4 is 0 Å². The number of aliphatic hydroxyl groups excluding tert-OH is 1. The zero-order valence-electron chi connectivity index (χ0n) is 7.90. The highest BCUT2D eigenvalue weighted by molar-refractivity contribution is 5.74. The maximum Gasteiger partial charge on any atom is 0.329 e. The van der Waals surface area contributed by atoms with E-state index < -0.39 is 18.1 Å². The fraction of sp³-hybridized carbons (Fsp3) is 0.667. The van der Waals surface area contributed by atoms with Crippen LogP contribution in [-0.4, -0.2) is 40.3 Å². The predicted octanol–water partition coefficient (Wildman–Crippen LogP) is 0.430. The minimum absolute atomic E-state index is 0.827. The zero-order chi connectivity index (χ0) is 10.0. The Bertz CT molecular complexity index is 235. The van der Waals surface area contributed by atoms with Crippen LogP contribution >= 0.6 is 0 Å². The van der Waals surface area contributed by atoms with E-state index in [9.17, 15) is 9.90 Å². The third kappa shape index (κ3) is 2.01. The number of likely N-dealkylation sites (N-methyl/N-ethyl adjacent to an activating group) is 1. The van der Waals surface area contributed by atoms with Crippen molar-refractivity contribution in [3.63, 3.8) is 0 Å². The van der Waals surface area contributed by atoms with Crippen molar-refractivity contribution >= 4 is 5.97 Å². The Balaban J connectivity index is 2.69. The molecule has 74 valence electrons. The number of nitrogens with zero attached hydrogens (tertiary/aromatic N) is 1. The van der Waals surface area contributed by atoms with Crippen LogP contribution in [0.4, 0.5) is 0 Å². The number of carboxylic acids is 1. The van der Waals surface area contributed by atoms with Gasteiger partial charge < -0.3 is 15.1 Å². The highest BCUT2D eigenvalue weighted by Crippen LogP contribution is 2.23. The van der Waals surface area contributed by atoms with E-state index in [1.165, 1.54) is 6.92 Å². The quantitative estimate of drug-likeness (QED) is 0.666. The van der Waals surface area contributed by atoms with Crippen molar-refractivity contribution in [3.8, 4) is 0 Å². The molecule has 13 heavy (non-hydrogen) atoms. The Morgan fingerprint density at radius 2 is 2.23 bits per heavy atom. The van der Waals surface area contributed by atoms with Crippen molar-refractivity contribution in [3.05, 3.63) is 11.8 Å². The van der Waals surface area contributed by atoms with Crippen LogP contribution in [0.15, 0.2) is 11.8 Å². The average Bonchev–Trinajstić information content (AvgIpc) is 1.79. The number of rotatable bonds is 4. The Labute approximate surface area is 77.5 Å². The Morgan fingerprint density at radius 3 is 2.46 bits per heavy atom. The van der Waals surface area contributed by atoms with Crippen molar-refractivity contribution in [1.29, 1.82) is 0 Å². The fourth-order valence-electron chi connectivity index (χ4n) is 1.47. The number of hydrogen-bond donors (Lipinski definition) is 2. The number of aliphatic hydroxyl groups is 1. The highest BCUT2D eigenvalue weighted by atomic mass is 16.4. The Morgan fingerprint density at radius 1 is 1.69 bits per heavy atom. The second kappa shape index (κ2) is 3.79. The largest absolute Gasteiger partial charge is 0.480 e. The van der Waals surface area contributed by atoms with Crippen LogP contribution in [0.1, 0.15) is 19.8 Å². The summed E-state index contributed by atoms with van der Waals surface area (Å²) in [6.07, 6.45) is 3.04. The van der Waals surface area contributed by atoms with E-state index in [4.69, 9.17) is 5.11 Å². The molecule has 0 aromatic carbocycles. The van der Waals surface area contributed by atoms with Crippen molar-refractivity contribution in [2.75, 3.05) is 7.05 Å². The highest BCUT2D eigenvalue weighted by Gasteiger charge is 2.29. The minimum Gasteiger partial charge on any atom is -0.480 e. The molecule has 0 aliphatic heterocycles. The second-order valence-corrected chi connectivity index (χ2v) is 3.37. The van der Waals surface area contributed by atoms with Gasteiger partial charge in [0.05, 0.1) is 6.10 Å². The van der Waals surface area contributed by atoms with Gasteiger partial charge in [-0.15, -0.1) is 0 Å². The van der Waals surface area contributed by atoms with Gasteiger partial charge in [0.25, 0.3) is 0 Å². The first-order valence-electron chi connectivity index (χ1n) is 4.36. The van der Waals surface area contributed by atoms with Crippen molar-refractivity contribution in [1.82, 2.24) is 4.90 Å². The molecule has 4 nitrogen and oxygen atoms in total. The van der Waals surface area contributed by atoms with Crippen molar-refractivity contribution in [2.45, 2.75) is 31.9 Å². The van der Waals surface area contributed by atoms with Crippen LogP contribution in [0.2, 0.25) is 0 Å². The molecule has 0 aromatic rings. The molecule has 0 bridgehead atoms. The van der Waals surface area contributed by atoms with E-state index in [1.807, 2.05) is 6.08 Å². The maximum atomic E-state index is 10.8. The van der Waals surface area contributed by atoms with Crippen LogP contribution in [0.25, 0.3) is 0 Å². The normalized spacial score (nSPS) is 19.8. The molecule has 0 saturated carbocycles. The third-order valence-electron chi connectivity index (χ3n) is 2.36. The molecule has 0 aromatic heterocycles. The standard InChI is InChI=1S/C9H15NO3/c1-6(11)8(9(12)13)10(2)7-4-3-5-7/h4,6,8,11H,3,5H2,1-2H3,(H,12,13). The van der Waals surface area contributed by atoms with Gasteiger partial charge in [0, 0.05) is 12.7 Å². The van der Waals surface area contributed by atoms with E-state index in [0.29, 0.717) is 0 Å². The summed E-state index contributed by atoms with van der Waals surface area (Å²) in [6, 6.07) is -0.827. The lowest BCUT2D eigenvalue weighted by molar-refractivity contribution is -0.145. The second-order valence-electron chi connectivity index (χ2n) is 3.37. The van der Waals surface area contributed by atoms with Crippen LogP contribution in [0, 0.1) is 0 Å². The first kappa shape index (κ1) is 10.1. The minimum atomic E-state index is -0.981. The summed E-state index contributed by atoms with van der Waals surface area (Å²) in [5.74, 6) is -0.981.